The number of nitrogens with one attached hydrogen (secondary N) is 1. The number of ketones is 2. The molecule has 260 valence electrons. The molecule has 1 heterocycles. The van der Waals surface area contributed by atoms with Crippen molar-refractivity contribution in [1.82, 2.24) is 4.83 Å². The van der Waals surface area contributed by atoms with Crippen LogP contribution in [0, 0.1) is 0 Å². The Morgan fingerprint density at radius 3 is 2.41 bits per heavy atom. The Morgan fingerprint density at radius 2 is 1.76 bits per heavy atom. The van der Waals surface area contributed by atoms with Gasteiger partial charge in [-0.3, -0.25) is 9.59 Å². The maximum Gasteiger partial charge on any atom is 0.276 e. The van der Waals surface area contributed by atoms with Crippen LogP contribution in [0.2, 0.25) is 0 Å². The first-order valence-electron chi connectivity index (χ1n) is 15.3. The molecule has 16 heteroatoms. The van der Waals surface area contributed by atoms with Gasteiger partial charge in [-0.25, -0.2) is 0 Å². The molecule has 1 aliphatic heterocycles. The van der Waals surface area contributed by atoms with E-state index in [1.54, 1.807) is 13.0 Å². The number of rotatable bonds is 8. The molecule has 3 aromatic rings. The predicted molar refractivity (Wildman–Crippen MR) is 171 cm³/mol. The van der Waals surface area contributed by atoms with Gasteiger partial charge in [0.05, 0.1) is 59.3 Å². The lowest BCUT2D eigenvalue weighted by atomic mass is 9.71. The summed E-state index contributed by atoms with van der Waals surface area (Å²) in [6.07, 6.45) is -5.51. The van der Waals surface area contributed by atoms with Crippen molar-refractivity contribution in [1.29, 1.82) is 0 Å². The van der Waals surface area contributed by atoms with Gasteiger partial charge in [0.2, 0.25) is 5.78 Å². The summed E-state index contributed by atoms with van der Waals surface area (Å²) in [5.41, 5.74) is 1.76. The van der Waals surface area contributed by atoms with E-state index in [0.29, 0.717) is 0 Å². The van der Waals surface area contributed by atoms with Crippen LogP contribution < -0.4 is 15.3 Å². The Bertz CT molecular complexity index is 1960. The third-order valence-corrected chi connectivity index (χ3v) is 10.4. The largest absolute Gasteiger partial charge is 0.507 e. The number of aliphatic hydroxyl groups is 3. The van der Waals surface area contributed by atoms with Crippen LogP contribution in [-0.4, -0.2) is 95.1 Å². The van der Waals surface area contributed by atoms with E-state index in [1.165, 1.54) is 49.6 Å². The molecule has 6 atom stereocenters. The second-order valence-electron chi connectivity index (χ2n) is 12.2. The molecule has 0 radical (unpaired) electrons. The fraction of sp³-hybridized carbons (Fsp3) is 0.364. The van der Waals surface area contributed by atoms with Gasteiger partial charge in [-0.1, -0.05) is 30.3 Å². The Morgan fingerprint density at radius 1 is 1.06 bits per heavy atom. The molecule has 3 aliphatic rings. The average Bonchev–Trinajstić information content (AvgIpc) is 3.07. The Labute approximate surface area is 280 Å². The van der Waals surface area contributed by atoms with E-state index in [4.69, 9.17) is 19.9 Å². The molecule has 0 bridgehead atoms. The number of benzene rings is 3. The van der Waals surface area contributed by atoms with Crippen LogP contribution in [0.15, 0.2) is 58.5 Å². The molecule has 2 aliphatic carbocycles. The Hall–Kier alpha value is -4.42. The van der Waals surface area contributed by atoms with Crippen molar-refractivity contribution in [2.45, 2.75) is 67.3 Å². The summed E-state index contributed by atoms with van der Waals surface area (Å²) < 4.78 is 43.2. The standard InChI is InChI=1S/C33H35N3O12S/c1-15-28(38)19(34)11-23(47-15)48-21-13-33(43,22(14-37)35-36-49(44,45)16-7-4-3-5-8-16)12-18-25(21)32(42)27-26(30(18)40)29(39)17-9-6-10-20(46-2)24(17)31(27)41/h3-10,15,19,21,23,28,36-38,40,42-43H,11-14,34H2,1-2H3/b35-22+/t15-,19-,21-,23-,28-,33-/m0/s1. The first-order chi connectivity index (χ1) is 23.2. The molecule has 0 aromatic heterocycles. The predicted octanol–water partition coefficient (Wildman–Crippen LogP) is 0.767. The topological polar surface area (TPSA) is 248 Å². The molecule has 0 amide bonds. The summed E-state index contributed by atoms with van der Waals surface area (Å²) >= 11 is 0. The molecule has 3 aromatic carbocycles. The van der Waals surface area contributed by atoms with Gasteiger partial charge >= 0.3 is 0 Å². The fourth-order valence-electron chi connectivity index (χ4n) is 6.66. The van der Waals surface area contributed by atoms with Crippen molar-refractivity contribution in [2.75, 3.05) is 13.7 Å². The number of fused-ring (bicyclic) bond motifs is 3. The number of nitrogens with two attached hydrogens (primary N) is 1. The van der Waals surface area contributed by atoms with Gasteiger partial charge in [-0.2, -0.15) is 18.4 Å². The minimum absolute atomic E-state index is 0.0345. The summed E-state index contributed by atoms with van der Waals surface area (Å²) in [5, 5.41) is 60.1. The second-order valence-corrected chi connectivity index (χ2v) is 13.9. The van der Waals surface area contributed by atoms with Crippen molar-refractivity contribution in [3.8, 4) is 17.2 Å². The third kappa shape index (κ3) is 5.84. The lowest BCUT2D eigenvalue weighted by molar-refractivity contribution is -0.245. The molecular weight excluding hydrogens is 662 g/mol. The van der Waals surface area contributed by atoms with E-state index < -0.39 is 106 Å². The lowest BCUT2D eigenvalue weighted by Crippen LogP contribution is -2.53. The highest BCUT2D eigenvalue weighted by Gasteiger charge is 2.49. The summed E-state index contributed by atoms with van der Waals surface area (Å²) in [6.45, 7) is 0.599. The van der Waals surface area contributed by atoms with Crippen molar-refractivity contribution < 1.29 is 57.8 Å². The Balaban J connectivity index is 1.49. The van der Waals surface area contributed by atoms with Gasteiger partial charge in [0, 0.05) is 42.0 Å². The van der Waals surface area contributed by atoms with Crippen LogP contribution in [0.3, 0.4) is 0 Å². The van der Waals surface area contributed by atoms with Crippen molar-refractivity contribution >= 4 is 27.3 Å². The molecule has 1 fully saturated rings. The molecule has 1 saturated heterocycles. The summed E-state index contributed by atoms with van der Waals surface area (Å²) in [6, 6.07) is 10.8. The number of aliphatic hydroxyl groups excluding tert-OH is 2. The second kappa shape index (κ2) is 12.8. The van der Waals surface area contributed by atoms with Gasteiger partial charge in [0.25, 0.3) is 10.0 Å². The molecular formula is C33H35N3O12S. The van der Waals surface area contributed by atoms with Crippen LogP contribution in [0.4, 0.5) is 0 Å². The zero-order chi connectivity index (χ0) is 35.4. The van der Waals surface area contributed by atoms with Crippen LogP contribution >= 0.6 is 0 Å². The number of methoxy groups -OCH3 is 1. The van der Waals surface area contributed by atoms with Gasteiger partial charge in [-0.15, -0.1) is 0 Å². The smallest absolute Gasteiger partial charge is 0.276 e. The number of hydrogen-bond acceptors (Lipinski definition) is 14. The SMILES string of the molecule is COc1cccc2c1C(=O)c1c(O)c3c(c(O)c1C2=O)C[C@@](O)(/C(CO)=N/NS(=O)(=O)c1ccccc1)C[C@@H]3O[C@H]1C[C@H](N)[C@@H](O)[C@H](C)O1. The van der Waals surface area contributed by atoms with Crippen LogP contribution in [-0.2, 0) is 25.9 Å². The molecule has 0 saturated carbocycles. The normalized spacial score (nSPS) is 26.8. The van der Waals surface area contributed by atoms with E-state index in [1.807, 2.05) is 4.83 Å². The van der Waals surface area contributed by atoms with Gasteiger partial charge in [-0.05, 0) is 25.1 Å². The number of ether oxygens (including phenoxy) is 3. The summed E-state index contributed by atoms with van der Waals surface area (Å²) in [7, 11) is -2.94. The van der Waals surface area contributed by atoms with Gasteiger partial charge in [0.1, 0.15) is 22.8 Å². The zero-order valence-electron chi connectivity index (χ0n) is 26.4. The highest BCUT2D eigenvalue weighted by atomic mass is 32.2. The van der Waals surface area contributed by atoms with E-state index in [9.17, 15) is 43.5 Å². The summed E-state index contributed by atoms with van der Waals surface area (Å²) in [5.74, 6) is -2.99. The fourth-order valence-corrected chi connectivity index (χ4v) is 7.52. The van der Waals surface area contributed by atoms with E-state index in [0.717, 1.165) is 0 Å². The Kier molecular flexibility index (Phi) is 8.99. The highest BCUT2D eigenvalue weighted by Crippen LogP contribution is 2.52. The number of hydrazone groups is 1. The van der Waals surface area contributed by atoms with Crippen molar-refractivity contribution in [3.05, 3.63) is 81.9 Å². The van der Waals surface area contributed by atoms with Crippen molar-refractivity contribution in [2.24, 2.45) is 10.8 Å². The van der Waals surface area contributed by atoms with E-state index in [2.05, 4.69) is 5.10 Å². The molecule has 6 rings (SSSR count). The third-order valence-electron chi connectivity index (χ3n) is 9.18. The molecule has 49 heavy (non-hydrogen) atoms. The quantitative estimate of drug-likeness (QED) is 0.0765. The minimum Gasteiger partial charge on any atom is -0.507 e. The van der Waals surface area contributed by atoms with Crippen LogP contribution in [0.25, 0.3) is 0 Å². The number of hydrogen-bond donors (Lipinski definition) is 7. The molecule has 0 spiro atoms. The minimum atomic E-state index is -4.25. The van der Waals surface area contributed by atoms with Crippen molar-refractivity contribution in [3.63, 3.8) is 0 Å². The maximum absolute atomic E-state index is 13.9. The van der Waals surface area contributed by atoms with Gasteiger partial charge in [0.15, 0.2) is 12.1 Å². The molecule has 15 nitrogen and oxygen atoms in total. The van der Waals surface area contributed by atoms with E-state index in [-0.39, 0.29) is 39.3 Å². The number of sulfonamides is 1. The lowest BCUT2D eigenvalue weighted by Gasteiger charge is -2.43. The number of carbonyl (C=O) groups is 2. The van der Waals surface area contributed by atoms with Crippen LogP contribution in [0.5, 0.6) is 17.2 Å². The molecule has 8 N–H and O–H groups in total. The average molecular weight is 698 g/mol. The number of nitrogens with zero attached hydrogens (tertiary/aromatic N) is 1. The molecule has 0 unspecified atom stereocenters. The van der Waals surface area contributed by atoms with Gasteiger partial charge < -0.3 is 45.5 Å². The number of phenols is 2. The van der Waals surface area contributed by atoms with E-state index >= 15 is 0 Å². The van der Waals surface area contributed by atoms with Crippen LogP contribution in [0.1, 0.15) is 68.8 Å². The first-order valence-corrected chi connectivity index (χ1v) is 16.8. The number of phenolic OH excluding ortho intramolecular Hbond substituents is 2. The number of aromatic hydroxyl groups is 2. The highest BCUT2D eigenvalue weighted by molar-refractivity contribution is 7.89. The number of carbonyl (C=O) groups excluding carboxylic acids is 2. The first kappa shape index (κ1) is 34.4. The monoisotopic (exact) mass is 697 g/mol. The summed E-state index contributed by atoms with van der Waals surface area (Å²) in [4.78, 5) is 29.6. The maximum atomic E-state index is 13.9. The zero-order valence-corrected chi connectivity index (χ0v) is 27.2.